The van der Waals surface area contributed by atoms with Crippen LogP contribution in [0.25, 0.3) is 0 Å². The summed E-state index contributed by atoms with van der Waals surface area (Å²) in [5, 5.41) is 0. The Hall–Kier alpha value is -0.0831. The molecule has 14 heavy (non-hydrogen) atoms. The highest BCUT2D eigenvalue weighted by Crippen LogP contribution is 2.16. The normalized spacial score (nSPS) is 14.0. The monoisotopic (exact) mass is 214 g/mol. The van der Waals surface area contributed by atoms with Crippen molar-refractivity contribution in [1.29, 1.82) is 0 Å². The van der Waals surface area contributed by atoms with Crippen LogP contribution in [0.4, 0.5) is 0 Å². The fraction of sp³-hybridized carbons (Fsp3) is 0.833. The summed E-state index contributed by atoms with van der Waals surface area (Å²) < 4.78 is 5.95. The molecule has 0 aliphatic heterocycles. The van der Waals surface area contributed by atoms with Crippen molar-refractivity contribution < 1.29 is 4.43 Å². The second kappa shape index (κ2) is 7.24. The molecule has 0 aromatic heterocycles. The maximum absolute atomic E-state index is 5.95. The van der Waals surface area contributed by atoms with Crippen LogP contribution >= 0.6 is 0 Å². The van der Waals surface area contributed by atoms with E-state index in [2.05, 4.69) is 33.5 Å². The van der Waals surface area contributed by atoms with E-state index in [1.54, 1.807) is 0 Å². The van der Waals surface area contributed by atoms with Crippen LogP contribution in [0.5, 0.6) is 0 Å². The first-order valence-corrected chi connectivity index (χ1v) is 8.81. The van der Waals surface area contributed by atoms with Gasteiger partial charge in [0.25, 0.3) is 0 Å². The summed E-state index contributed by atoms with van der Waals surface area (Å²) in [7, 11) is -1.53. The third-order valence-electron chi connectivity index (χ3n) is 2.73. The van der Waals surface area contributed by atoms with E-state index in [1.807, 2.05) is 5.70 Å². The van der Waals surface area contributed by atoms with Crippen LogP contribution < -0.4 is 0 Å². The molecule has 0 heterocycles. The number of hydrogen-bond donors (Lipinski definition) is 0. The minimum Gasteiger partial charge on any atom is -0.413 e. The van der Waals surface area contributed by atoms with E-state index in [1.165, 1.54) is 25.7 Å². The molecule has 2 heteroatoms. The van der Waals surface area contributed by atoms with Crippen LogP contribution in [0.15, 0.2) is 12.3 Å². The third-order valence-corrected chi connectivity index (χ3v) is 4.62. The molecule has 84 valence electrons. The number of unbranched alkanes of at least 4 members (excludes halogenated alkanes) is 1. The Morgan fingerprint density at radius 1 is 1.36 bits per heavy atom. The van der Waals surface area contributed by atoms with Crippen LogP contribution in [0.2, 0.25) is 13.1 Å². The van der Waals surface area contributed by atoms with Crippen molar-refractivity contribution in [3.05, 3.63) is 12.3 Å². The molecular weight excluding hydrogens is 188 g/mol. The summed E-state index contributed by atoms with van der Waals surface area (Å²) in [6, 6.07) is 0. The van der Waals surface area contributed by atoms with Crippen LogP contribution in [0, 0.1) is 5.92 Å². The van der Waals surface area contributed by atoms with Crippen LogP contribution in [-0.4, -0.2) is 14.9 Å². The number of hydrogen-bond acceptors (Lipinski definition) is 1. The average molecular weight is 214 g/mol. The first-order chi connectivity index (χ1) is 6.55. The van der Waals surface area contributed by atoms with E-state index >= 15 is 0 Å². The van der Waals surface area contributed by atoms with Gasteiger partial charge in [-0.1, -0.05) is 38.8 Å². The Morgan fingerprint density at radius 3 is 2.43 bits per heavy atom. The van der Waals surface area contributed by atoms with Crippen molar-refractivity contribution in [2.75, 3.05) is 6.61 Å². The maximum Gasteiger partial charge on any atom is 0.210 e. The summed E-state index contributed by atoms with van der Waals surface area (Å²) in [6.07, 6.45) is 5.17. The number of rotatable bonds is 8. The Kier molecular flexibility index (Phi) is 7.20. The molecule has 1 atom stereocenters. The van der Waals surface area contributed by atoms with Gasteiger partial charge in [0.2, 0.25) is 8.32 Å². The lowest BCUT2D eigenvalue weighted by molar-refractivity contribution is 0.229. The molecule has 1 nitrogen and oxygen atoms in total. The van der Waals surface area contributed by atoms with Crippen molar-refractivity contribution in [2.45, 2.75) is 52.6 Å². The van der Waals surface area contributed by atoms with E-state index in [9.17, 15) is 0 Å². The smallest absolute Gasteiger partial charge is 0.210 e. The molecular formula is C12H26OSi. The standard InChI is InChI=1S/C12H26OSi/c1-6-9-10-12(7-2)11-13-14(4,5)8-3/h8,12H,3,6-7,9-11H2,1-2,4-5H3. The molecule has 0 amide bonds. The zero-order valence-electron chi connectivity index (χ0n) is 10.3. The van der Waals surface area contributed by atoms with Crippen molar-refractivity contribution in [3.8, 4) is 0 Å². The highest BCUT2D eigenvalue weighted by molar-refractivity contribution is 6.76. The molecule has 0 radical (unpaired) electrons. The van der Waals surface area contributed by atoms with Gasteiger partial charge >= 0.3 is 0 Å². The first kappa shape index (κ1) is 13.9. The van der Waals surface area contributed by atoms with E-state index in [0.717, 1.165) is 12.5 Å². The first-order valence-electron chi connectivity index (χ1n) is 5.83. The molecule has 0 saturated heterocycles. The second-order valence-corrected chi connectivity index (χ2v) is 8.44. The van der Waals surface area contributed by atoms with E-state index < -0.39 is 8.32 Å². The topological polar surface area (TPSA) is 9.23 Å². The lowest BCUT2D eigenvalue weighted by Crippen LogP contribution is -2.30. The van der Waals surface area contributed by atoms with E-state index in [-0.39, 0.29) is 0 Å². The fourth-order valence-corrected chi connectivity index (χ4v) is 2.07. The quantitative estimate of drug-likeness (QED) is 0.552. The predicted octanol–water partition coefficient (Wildman–Crippen LogP) is 4.15. The molecule has 0 aromatic rings. The largest absolute Gasteiger partial charge is 0.413 e. The summed E-state index contributed by atoms with van der Waals surface area (Å²) >= 11 is 0. The Labute approximate surface area is 90.7 Å². The molecule has 0 aliphatic rings. The van der Waals surface area contributed by atoms with Crippen molar-refractivity contribution >= 4 is 8.32 Å². The minimum absolute atomic E-state index is 0.752. The van der Waals surface area contributed by atoms with Gasteiger partial charge in [-0.15, -0.1) is 6.58 Å². The molecule has 1 unspecified atom stereocenters. The zero-order valence-corrected chi connectivity index (χ0v) is 11.3. The minimum atomic E-state index is -1.53. The van der Waals surface area contributed by atoms with Gasteiger partial charge in [-0.05, 0) is 25.4 Å². The second-order valence-electron chi connectivity index (χ2n) is 4.54. The van der Waals surface area contributed by atoms with Crippen molar-refractivity contribution in [2.24, 2.45) is 5.92 Å². The summed E-state index contributed by atoms with van der Waals surface area (Å²) in [5.41, 5.74) is 2.01. The Bertz CT molecular complexity index is 154. The van der Waals surface area contributed by atoms with Gasteiger partial charge in [-0.2, -0.15) is 0 Å². The van der Waals surface area contributed by atoms with Gasteiger partial charge in [-0.3, -0.25) is 0 Å². The fourth-order valence-electron chi connectivity index (χ4n) is 1.29. The van der Waals surface area contributed by atoms with Gasteiger partial charge in [0.1, 0.15) is 0 Å². The van der Waals surface area contributed by atoms with Gasteiger partial charge in [0.15, 0.2) is 0 Å². The maximum atomic E-state index is 5.95. The predicted molar refractivity (Wildman–Crippen MR) is 66.9 cm³/mol. The lowest BCUT2D eigenvalue weighted by Gasteiger charge is -2.22. The lowest BCUT2D eigenvalue weighted by atomic mass is 10.0. The van der Waals surface area contributed by atoms with Gasteiger partial charge < -0.3 is 4.43 Å². The van der Waals surface area contributed by atoms with Gasteiger partial charge in [0, 0.05) is 6.61 Å². The molecule has 0 aliphatic carbocycles. The summed E-state index contributed by atoms with van der Waals surface area (Å²) in [6.45, 7) is 13.7. The molecule has 0 spiro atoms. The van der Waals surface area contributed by atoms with Gasteiger partial charge in [-0.25, -0.2) is 0 Å². The van der Waals surface area contributed by atoms with Crippen molar-refractivity contribution in [1.82, 2.24) is 0 Å². The molecule has 0 N–H and O–H groups in total. The van der Waals surface area contributed by atoms with Gasteiger partial charge in [0.05, 0.1) is 0 Å². The SMILES string of the molecule is C=C[Si](C)(C)OCC(CC)CCCC. The van der Waals surface area contributed by atoms with Crippen molar-refractivity contribution in [3.63, 3.8) is 0 Å². The summed E-state index contributed by atoms with van der Waals surface area (Å²) in [4.78, 5) is 0. The zero-order chi connectivity index (χ0) is 11.0. The van der Waals surface area contributed by atoms with E-state index in [0.29, 0.717) is 0 Å². The molecule has 0 saturated carbocycles. The van der Waals surface area contributed by atoms with Crippen LogP contribution in [-0.2, 0) is 4.43 Å². The highest BCUT2D eigenvalue weighted by Gasteiger charge is 2.19. The Balaban J connectivity index is 3.77. The Morgan fingerprint density at radius 2 is 2.00 bits per heavy atom. The molecule has 0 aromatic carbocycles. The highest BCUT2D eigenvalue weighted by atomic mass is 28.4. The van der Waals surface area contributed by atoms with Crippen LogP contribution in [0.1, 0.15) is 39.5 Å². The molecule has 0 rings (SSSR count). The third kappa shape index (κ3) is 6.38. The average Bonchev–Trinajstić information content (AvgIpc) is 2.18. The summed E-state index contributed by atoms with van der Waals surface area (Å²) in [5.74, 6) is 0.752. The molecule has 0 fully saturated rings. The van der Waals surface area contributed by atoms with Crippen LogP contribution in [0.3, 0.4) is 0 Å². The molecule has 0 bridgehead atoms. The van der Waals surface area contributed by atoms with E-state index in [4.69, 9.17) is 4.43 Å².